The second kappa shape index (κ2) is 15.4. The number of amides is 3. The lowest BCUT2D eigenvalue weighted by Crippen LogP contribution is -2.56. The molecule has 3 heterocycles. The number of likely N-dealkylation sites (N-methyl/N-ethyl adjacent to an activating group) is 1. The Hall–Kier alpha value is -3.45. The first-order valence-electron chi connectivity index (χ1n) is 16.3. The number of nitrogens with zero attached hydrogens (tertiary/aromatic N) is 3. The highest BCUT2D eigenvalue weighted by atomic mass is 32.1. The summed E-state index contributed by atoms with van der Waals surface area (Å²) < 4.78 is 15.6. The summed E-state index contributed by atoms with van der Waals surface area (Å²) in [4.78, 5) is 49.7. The summed E-state index contributed by atoms with van der Waals surface area (Å²) in [6, 6.07) is 6.57. The first kappa shape index (κ1) is 33.9. The predicted octanol–water partition coefficient (Wildman–Crippen LogP) is 4.32. The van der Waals surface area contributed by atoms with Gasteiger partial charge in [-0.25, -0.2) is 9.37 Å². The van der Waals surface area contributed by atoms with Crippen LogP contribution < -0.4 is 16.0 Å². The van der Waals surface area contributed by atoms with Gasteiger partial charge in [-0.15, -0.1) is 11.3 Å². The molecule has 4 atom stereocenters. The highest BCUT2D eigenvalue weighted by molar-refractivity contribution is 7.17. The van der Waals surface area contributed by atoms with E-state index < -0.39 is 36.0 Å². The summed E-state index contributed by atoms with van der Waals surface area (Å²) >= 11 is 1.37. The molecule has 1 aliphatic carbocycles. The number of thiophene rings is 1. The number of carbonyl (C=O) groups excluding carboxylic acids is 3. The fourth-order valence-corrected chi connectivity index (χ4v) is 7.31. The summed E-state index contributed by atoms with van der Waals surface area (Å²) in [5.74, 6) is -2.12. The van der Waals surface area contributed by atoms with E-state index in [1.165, 1.54) is 23.5 Å². The molecule has 3 aromatic rings. The molecule has 10 nitrogen and oxygen atoms in total. The number of aliphatic hydroxyl groups excluding tert-OH is 1. The minimum Gasteiger partial charge on any atom is -0.379 e. The smallest absolute Gasteiger partial charge is 0.253 e. The molecule has 2 fully saturated rings. The number of hydrogen-bond donors (Lipinski definition) is 4. The zero-order valence-corrected chi connectivity index (χ0v) is 27.6. The van der Waals surface area contributed by atoms with Crippen molar-refractivity contribution in [3.05, 3.63) is 58.9 Å². The van der Waals surface area contributed by atoms with Crippen LogP contribution in [0, 0.1) is 11.7 Å². The highest BCUT2D eigenvalue weighted by Gasteiger charge is 2.34. The average molecular weight is 653 g/mol. The SMILES string of the molecule is CCC(O)N[C@@H](C(=O)N1CCN(C)CC1)[C@@H](C)c1ccc(NC(=O)[C@@H](NC(=O)c2csc3ncccc23)C2CCCCC2)c(F)c1. The lowest BCUT2D eigenvalue weighted by molar-refractivity contribution is -0.136. The van der Waals surface area contributed by atoms with Crippen LogP contribution in [0.5, 0.6) is 0 Å². The normalized spacial score (nSPS) is 18.9. The van der Waals surface area contributed by atoms with Crippen molar-refractivity contribution in [1.29, 1.82) is 0 Å². The van der Waals surface area contributed by atoms with Gasteiger partial charge in [0.1, 0.15) is 22.9 Å². The van der Waals surface area contributed by atoms with Gasteiger partial charge in [-0.3, -0.25) is 19.7 Å². The van der Waals surface area contributed by atoms with Gasteiger partial charge in [0.15, 0.2) is 0 Å². The number of pyridine rings is 1. The van der Waals surface area contributed by atoms with Gasteiger partial charge in [0.25, 0.3) is 5.91 Å². The molecule has 0 radical (unpaired) electrons. The maximum atomic E-state index is 15.6. The van der Waals surface area contributed by atoms with Crippen LogP contribution in [0.3, 0.4) is 0 Å². The van der Waals surface area contributed by atoms with E-state index in [1.54, 1.807) is 28.6 Å². The van der Waals surface area contributed by atoms with E-state index >= 15 is 4.39 Å². The molecule has 46 heavy (non-hydrogen) atoms. The molecule has 1 saturated heterocycles. The Kier molecular flexibility index (Phi) is 11.4. The van der Waals surface area contributed by atoms with E-state index in [2.05, 4.69) is 25.8 Å². The largest absolute Gasteiger partial charge is 0.379 e. The maximum Gasteiger partial charge on any atom is 0.253 e. The van der Waals surface area contributed by atoms with E-state index in [0.29, 0.717) is 30.6 Å². The van der Waals surface area contributed by atoms with Crippen LogP contribution in [0.15, 0.2) is 41.9 Å². The zero-order chi connectivity index (χ0) is 32.8. The minimum absolute atomic E-state index is 0.00434. The van der Waals surface area contributed by atoms with Crippen molar-refractivity contribution in [2.45, 2.75) is 76.6 Å². The summed E-state index contributed by atoms with van der Waals surface area (Å²) in [7, 11) is 2.01. The third-order valence-corrected chi connectivity index (χ3v) is 10.3. The summed E-state index contributed by atoms with van der Waals surface area (Å²) in [5.41, 5.74) is 1.03. The third kappa shape index (κ3) is 7.91. The molecule has 248 valence electrons. The summed E-state index contributed by atoms with van der Waals surface area (Å²) in [5, 5.41) is 21.6. The third-order valence-electron chi connectivity index (χ3n) is 9.40. The Labute approximate surface area is 273 Å². The lowest BCUT2D eigenvalue weighted by Gasteiger charge is -2.37. The number of aliphatic hydroxyl groups is 1. The van der Waals surface area contributed by atoms with Gasteiger partial charge in [0.05, 0.1) is 17.3 Å². The van der Waals surface area contributed by atoms with Crippen molar-refractivity contribution in [2.75, 3.05) is 38.5 Å². The maximum absolute atomic E-state index is 15.6. The second-order valence-corrected chi connectivity index (χ2v) is 13.4. The molecule has 1 saturated carbocycles. The summed E-state index contributed by atoms with van der Waals surface area (Å²) in [6.07, 6.45) is 5.80. The molecule has 0 bridgehead atoms. The number of nitrogens with one attached hydrogen (secondary N) is 3. The molecule has 0 spiro atoms. The molecule has 2 aromatic heterocycles. The van der Waals surface area contributed by atoms with Crippen LogP contribution in [0.25, 0.3) is 10.2 Å². The molecule has 1 aromatic carbocycles. The molecule has 1 unspecified atom stereocenters. The minimum atomic E-state index is -0.887. The van der Waals surface area contributed by atoms with Gasteiger partial charge in [-0.05, 0) is 62.1 Å². The van der Waals surface area contributed by atoms with Crippen LogP contribution in [0.1, 0.15) is 74.2 Å². The number of carbonyl (C=O) groups is 3. The Morgan fingerprint density at radius 3 is 2.54 bits per heavy atom. The molecule has 3 amide bonds. The van der Waals surface area contributed by atoms with Crippen LogP contribution in [-0.2, 0) is 9.59 Å². The van der Waals surface area contributed by atoms with Crippen LogP contribution >= 0.6 is 11.3 Å². The standard InChI is InChI=1S/C34H45FN6O4S/c1-4-28(42)38-29(34(45)41-17-15-40(3)16-18-41)21(2)23-12-13-27(26(35)19-23)37-32(44)30(22-9-6-5-7-10-22)39-31(43)25-20-46-33-24(25)11-8-14-36-33/h8,11-14,19-22,28-30,38,42H,4-7,9-10,15-18H2,1-3H3,(H,37,44)(H,39,43)/t21-,28?,29+,30-/m0/s1. The number of halogens is 1. The first-order chi connectivity index (χ1) is 22.2. The van der Waals surface area contributed by atoms with E-state index in [9.17, 15) is 19.5 Å². The van der Waals surface area contributed by atoms with Gasteiger partial charge in [-0.1, -0.05) is 39.2 Å². The Morgan fingerprint density at radius 1 is 1.11 bits per heavy atom. The number of anilines is 1. The Bertz CT molecular complexity index is 1520. The number of aromatic nitrogens is 1. The van der Waals surface area contributed by atoms with Crippen molar-refractivity contribution in [2.24, 2.45) is 5.92 Å². The van der Waals surface area contributed by atoms with Gasteiger partial charge in [0.2, 0.25) is 11.8 Å². The molecule has 1 aliphatic heterocycles. The predicted molar refractivity (Wildman–Crippen MR) is 178 cm³/mol. The fraction of sp³-hybridized carbons (Fsp3) is 0.529. The van der Waals surface area contributed by atoms with Crippen LogP contribution in [-0.4, -0.2) is 89.2 Å². The summed E-state index contributed by atoms with van der Waals surface area (Å²) in [6.45, 7) is 6.34. The van der Waals surface area contributed by atoms with Crippen molar-refractivity contribution in [3.8, 4) is 0 Å². The molecule has 2 aliphatic rings. The highest BCUT2D eigenvalue weighted by Crippen LogP contribution is 2.30. The number of piperazine rings is 1. The van der Waals surface area contributed by atoms with Crippen LogP contribution in [0.2, 0.25) is 0 Å². The van der Waals surface area contributed by atoms with Crippen molar-refractivity contribution in [3.63, 3.8) is 0 Å². The van der Waals surface area contributed by atoms with E-state index in [-0.39, 0.29) is 23.4 Å². The fourth-order valence-electron chi connectivity index (χ4n) is 6.42. The molecular formula is C34H45FN6O4S. The molecule has 4 N–H and O–H groups in total. The number of fused-ring (bicyclic) bond motifs is 1. The van der Waals surface area contributed by atoms with E-state index in [4.69, 9.17) is 0 Å². The Balaban J connectivity index is 1.32. The van der Waals surface area contributed by atoms with Gasteiger partial charge >= 0.3 is 0 Å². The number of benzene rings is 1. The Morgan fingerprint density at radius 2 is 1.85 bits per heavy atom. The number of hydrogen-bond acceptors (Lipinski definition) is 8. The monoisotopic (exact) mass is 652 g/mol. The zero-order valence-electron chi connectivity index (χ0n) is 26.8. The second-order valence-electron chi connectivity index (χ2n) is 12.6. The van der Waals surface area contributed by atoms with Crippen molar-refractivity contribution in [1.82, 2.24) is 25.4 Å². The average Bonchev–Trinajstić information content (AvgIpc) is 3.51. The van der Waals surface area contributed by atoms with Gasteiger partial charge < -0.3 is 25.5 Å². The molecular weight excluding hydrogens is 607 g/mol. The first-order valence-corrected chi connectivity index (χ1v) is 17.2. The van der Waals surface area contributed by atoms with E-state index in [0.717, 1.165) is 55.4 Å². The molecule has 5 rings (SSSR count). The van der Waals surface area contributed by atoms with Crippen LogP contribution in [0.4, 0.5) is 10.1 Å². The topological polar surface area (TPSA) is 127 Å². The molecule has 12 heteroatoms. The quantitative estimate of drug-likeness (QED) is 0.228. The van der Waals surface area contributed by atoms with Gasteiger partial charge in [-0.2, -0.15) is 0 Å². The number of rotatable bonds is 11. The van der Waals surface area contributed by atoms with Gasteiger partial charge in [0, 0.05) is 49.1 Å². The van der Waals surface area contributed by atoms with Crippen molar-refractivity contribution >= 4 is 45.0 Å². The van der Waals surface area contributed by atoms with E-state index in [1.807, 2.05) is 27.0 Å². The lowest BCUT2D eigenvalue weighted by atomic mass is 9.83. The van der Waals surface area contributed by atoms with Crippen molar-refractivity contribution < 1.29 is 23.9 Å².